The monoisotopic (exact) mass is 361 g/mol. The summed E-state index contributed by atoms with van der Waals surface area (Å²) in [5.41, 5.74) is 2.56. The molecule has 1 aliphatic rings. The van der Waals surface area contributed by atoms with E-state index < -0.39 is 0 Å². The van der Waals surface area contributed by atoms with Crippen molar-refractivity contribution >= 4 is 23.2 Å². The first-order valence-electron chi connectivity index (χ1n) is 8.68. The van der Waals surface area contributed by atoms with Crippen LogP contribution in [-0.4, -0.2) is 45.5 Å². The van der Waals surface area contributed by atoms with Crippen LogP contribution in [0.4, 0.5) is 17.3 Å². The highest BCUT2D eigenvalue weighted by atomic mass is 16.2. The van der Waals surface area contributed by atoms with Gasteiger partial charge in [0.25, 0.3) is 0 Å². The Morgan fingerprint density at radius 3 is 2.85 bits per heavy atom. The highest BCUT2D eigenvalue weighted by Crippen LogP contribution is 2.22. The lowest BCUT2D eigenvalue weighted by atomic mass is 10.2. The van der Waals surface area contributed by atoms with E-state index in [4.69, 9.17) is 0 Å². The van der Waals surface area contributed by atoms with Crippen molar-refractivity contribution in [2.75, 3.05) is 29.9 Å². The Bertz CT molecular complexity index is 944. The molecule has 136 valence electrons. The largest absolute Gasteiger partial charge is 0.353 e. The maximum absolute atomic E-state index is 11.5. The second kappa shape index (κ2) is 7.36. The Morgan fingerprint density at radius 2 is 2.11 bits per heavy atom. The number of rotatable bonds is 4. The Morgan fingerprint density at radius 1 is 1.19 bits per heavy atom. The van der Waals surface area contributed by atoms with Crippen molar-refractivity contribution in [1.29, 1.82) is 0 Å². The Hall–Kier alpha value is -3.55. The molecule has 4 rings (SSSR count). The summed E-state index contributed by atoms with van der Waals surface area (Å²) in [6, 6.07) is 9.55. The molecule has 0 unspecified atom stereocenters. The van der Waals surface area contributed by atoms with E-state index in [0.29, 0.717) is 24.7 Å². The Kier molecular flexibility index (Phi) is 4.61. The molecule has 4 heterocycles. The maximum atomic E-state index is 11.5. The van der Waals surface area contributed by atoms with Crippen LogP contribution in [0.2, 0.25) is 0 Å². The minimum Gasteiger partial charge on any atom is -0.353 e. The van der Waals surface area contributed by atoms with Crippen molar-refractivity contribution in [1.82, 2.24) is 25.3 Å². The number of carbonyl (C=O) groups excluding carboxylic acids is 1. The molecular weight excluding hydrogens is 342 g/mol. The molecule has 0 radical (unpaired) electrons. The lowest BCUT2D eigenvalue weighted by molar-refractivity contribution is -0.120. The summed E-state index contributed by atoms with van der Waals surface area (Å²) >= 11 is 0. The van der Waals surface area contributed by atoms with Gasteiger partial charge in [0.05, 0.1) is 24.1 Å². The number of hydrogen-bond donors (Lipinski definition) is 2. The van der Waals surface area contributed by atoms with E-state index in [2.05, 4.69) is 30.6 Å². The van der Waals surface area contributed by atoms with E-state index in [9.17, 15) is 4.79 Å². The summed E-state index contributed by atoms with van der Waals surface area (Å²) in [4.78, 5) is 31.0. The van der Waals surface area contributed by atoms with Gasteiger partial charge >= 0.3 is 0 Å². The molecule has 0 aliphatic carbocycles. The lowest BCUT2D eigenvalue weighted by Crippen LogP contribution is -2.48. The molecular formula is C19H19N7O. The predicted octanol–water partition coefficient (Wildman–Crippen LogP) is 1.92. The number of nitrogens with one attached hydrogen (secondary N) is 2. The number of aryl methyl sites for hydroxylation is 1. The van der Waals surface area contributed by atoms with Gasteiger partial charge in [-0.25, -0.2) is 15.0 Å². The molecule has 8 nitrogen and oxygen atoms in total. The van der Waals surface area contributed by atoms with E-state index in [1.165, 1.54) is 0 Å². The van der Waals surface area contributed by atoms with Gasteiger partial charge in [-0.2, -0.15) is 0 Å². The molecule has 1 fully saturated rings. The van der Waals surface area contributed by atoms with Crippen LogP contribution in [0.5, 0.6) is 0 Å². The number of hydrogen-bond acceptors (Lipinski definition) is 7. The molecule has 27 heavy (non-hydrogen) atoms. The summed E-state index contributed by atoms with van der Waals surface area (Å²) in [5.74, 6) is 2.16. The molecule has 1 aliphatic heterocycles. The van der Waals surface area contributed by atoms with Gasteiger partial charge in [0.1, 0.15) is 17.5 Å². The fourth-order valence-corrected chi connectivity index (χ4v) is 2.92. The van der Waals surface area contributed by atoms with Crippen molar-refractivity contribution < 1.29 is 4.79 Å². The molecule has 0 spiro atoms. The molecule has 3 aromatic rings. The molecule has 0 aromatic carbocycles. The SMILES string of the molecule is Cc1nc(Nc2ccc(N3CCNC(=O)C3)nc2)cc(-c2cccnc2)n1. The predicted molar refractivity (Wildman–Crippen MR) is 103 cm³/mol. The fraction of sp³-hybridized carbons (Fsp3) is 0.211. The molecule has 0 bridgehead atoms. The van der Waals surface area contributed by atoms with E-state index >= 15 is 0 Å². The quantitative estimate of drug-likeness (QED) is 0.733. The van der Waals surface area contributed by atoms with Crippen LogP contribution in [0.15, 0.2) is 48.9 Å². The van der Waals surface area contributed by atoms with Crippen LogP contribution >= 0.6 is 0 Å². The van der Waals surface area contributed by atoms with Crippen LogP contribution in [0.1, 0.15) is 5.82 Å². The molecule has 3 aromatic heterocycles. The third-order valence-electron chi connectivity index (χ3n) is 4.18. The van der Waals surface area contributed by atoms with Gasteiger partial charge in [-0.3, -0.25) is 9.78 Å². The van der Waals surface area contributed by atoms with Crippen LogP contribution in [-0.2, 0) is 4.79 Å². The van der Waals surface area contributed by atoms with E-state index in [-0.39, 0.29) is 5.91 Å². The number of piperazine rings is 1. The zero-order valence-electron chi connectivity index (χ0n) is 14.9. The number of amides is 1. The second-order valence-electron chi connectivity index (χ2n) is 6.23. The minimum absolute atomic E-state index is 0.0182. The number of carbonyl (C=O) groups is 1. The first-order chi connectivity index (χ1) is 13.2. The third-order valence-corrected chi connectivity index (χ3v) is 4.18. The molecule has 0 saturated carbocycles. The first kappa shape index (κ1) is 16.9. The first-order valence-corrected chi connectivity index (χ1v) is 8.68. The summed E-state index contributed by atoms with van der Waals surface area (Å²) in [5, 5.41) is 6.07. The van der Waals surface area contributed by atoms with Gasteiger partial charge in [-0.15, -0.1) is 0 Å². The smallest absolute Gasteiger partial charge is 0.239 e. The zero-order chi connectivity index (χ0) is 18.6. The lowest BCUT2D eigenvalue weighted by Gasteiger charge is -2.27. The molecule has 0 atom stereocenters. The molecule has 8 heteroatoms. The minimum atomic E-state index is 0.0182. The summed E-state index contributed by atoms with van der Waals surface area (Å²) in [6.07, 6.45) is 5.25. The average molecular weight is 361 g/mol. The van der Waals surface area contributed by atoms with Crippen LogP contribution in [0.3, 0.4) is 0 Å². The average Bonchev–Trinajstić information content (AvgIpc) is 2.69. The van der Waals surface area contributed by atoms with Crippen LogP contribution in [0, 0.1) is 6.92 Å². The van der Waals surface area contributed by atoms with Crippen molar-refractivity contribution in [2.24, 2.45) is 0 Å². The van der Waals surface area contributed by atoms with Crippen molar-refractivity contribution in [3.63, 3.8) is 0 Å². The standard InChI is InChI=1S/C19H19N7O/c1-13-23-16(14-3-2-6-20-10-14)9-17(24-13)25-15-4-5-18(22-11-15)26-8-7-21-19(27)12-26/h2-6,9-11H,7-8,12H2,1H3,(H,21,27)(H,23,24,25). The highest BCUT2D eigenvalue weighted by molar-refractivity contribution is 5.82. The van der Waals surface area contributed by atoms with E-state index in [0.717, 1.165) is 29.3 Å². The maximum Gasteiger partial charge on any atom is 0.239 e. The Labute approximate surface area is 156 Å². The van der Waals surface area contributed by atoms with Crippen molar-refractivity contribution in [2.45, 2.75) is 6.92 Å². The highest BCUT2D eigenvalue weighted by Gasteiger charge is 2.17. The fourth-order valence-electron chi connectivity index (χ4n) is 2.92. The number of anilines is 3. The van der Waals surface area contributed by atoms with E-state index in [1.54, 1.807) is 18.6 Å². The van der Waals surface area contributed by atoms with Gasteiger partial charge < -0.3 is 15.5 Å². The Balaban J connectivity index is 1.52. The number of aromatic nitrogens is 4. The molecule has 2 N–H and O–H groups in total. The number of pyridine rings is 2. The van der Waals surface area contributed by atoms with Crippen LogP contribution < -0.4 is 15.5 Å². The third kappa shape index (κ3) is 4.00. The summed E-state index contributed by atoms with van der Waals surface area (Å²) < 4.78 is 0. The second-order valence-corrected chi connectivity index (χ2v) is 6.23. The van der Waals surface area contributed by atoms with Gasteiger partial charge in [0.2, 0.25) is 5.91 Å². The topological polar surface area (TPSA) is 95.9 Å². The van der Waals surface area contributed by atoms with Gasteiger partial charge in [-0.1, -0.05) is 0 Å². The zero-order valence-corrected chi connectivity index (χ0v) is 14.9. The summed E-state index contributed by atoms with van der Waals surface area (Å²) in [6.45, 7) is 3.58. The molecule has 1 saturated heterocycles. The van der Waals surface area contributed by atoms with Gasteiger partial charge in [0, 0.05) is 37.1 Å². The normalized spacial score (nSPS) is 14.0. The van der Waals surface area contributed by atoms with Crippen LogP contribution in [0.25, 0.3) is 11.3 Å². The van der Waals surface area contributed by atoms with Crippen molar-refractivity contribution in [3.8, 4) is 11.3 Å². The number of nitrogens with zero attached hydrogens (tertiary/aromatic N) is 5. The van der Waals surface area contributed by atoms with Gasteiger partial charge in [-0.05, 0) is 31.2 Å². The van der Waals surface area contributed by atoms with Gasteiger partial charge in [0.15, 0.2) is 0 Å². The van der Waals surface area contributed by atoms with E-state index in [1.807, 2.05) is 42.2 Å². The summed E-state index contributed by atoms with van der Waals surface area (Å²) in [7, 11) is 0. The molecule has 1 amide bonds. The van der Waals surface area contributed by atoms with Crippen molar-refractivity contribution in [3.05, 3.63) is 54.7 Å².